The molecule has 0 spiro atoms. The molecular formula is C16H19N3O. The van der Waals surface area contributed by atoms with E-state index >= 15 is 0 Å². The summed E-state index contributed by atoms with van der Waals surface area (Å²) in [7, 11) is 0. The highest BCUT2D eigenvalue weighted by molar-refractivity contribution is 5.81. The lowest BCUT2D eigenvalue weighted by Crippen LogP contribution is -2.18. The van der Waals surface area contributed by atoms with Crippen LogP contribution in [0.1, 0.15) is 31.3 Å². The minimum absolute atomic E-state index is 0.176. The molecule has 1 aromatic carbocycles. The second kappa shape index (κ2) is 5.51. The lowest BCUT2D eigenvalue weighted by molar-refractivity contribution is 0.428. The standard InChI is InChI=1S/C16H19N3O/c1-3-19-15-8-5-4-7-13(15)14(18-19)11-17-12(2)16-9-6-10-20-16/h4-10,12,17H,3,11H2,1-2H3/t12-/m1/s1. The molecule has 3 aromatic rings. The normalized spacial score (nSPS) is 12.9. The van der Waals surface area contributed by atoms with Gasteiger partial charge in [-0.15, -0.1) is 0 Å². The number of aryl methyl sites for hydroxylation is 1. The van der Waals surface area contributed by atoms with Gasteiger partial charge in [0.05, 0.1) is 23.5 Å². The molecule has 0 aliphatic heterocycles. The molecule has 0 unspecified atom stereocenters. The number of benzene rings is 1. The Hall–Kier alpha value is -2.07. The minimum Gasteiger partial charge on any atom is -0.468 e. The van der Waals surface area contributed by atoms with Gasteiger partial charge in [-0.05, 0) is 32.0 Å². The molecule has 1 N–H and O–H groups in total. The fraction of sp³-hybridized carbons (Fsp3) is 0.312. The second-order valence-electron chi connectivity index (χ2n) is 4.90. The summed E-state index contributed by atoms with van der Waals surface area (Å²) < 4.78 is 7.45. The van der Waals surface area contributed by atoms with Gasteiger partial charge >= 0.3 is 0 Å². The van der Waals surface area contributed by atoms with E-state index in [4.69, 9.17) is 4.42 Å². The zero-order valence-corrected chi connectivity index (χ0v) is 11.8. The molecular weight excluding hydrogens is 250 g/mol. The minimum atomic E-state index is 0.176. The first-order valence-electron chi connectivity index (χ1n) is 7.00. The molecule has 1 atom stereocenters. The Bertz CT molecular complexity index is 685. The van der Waals surface area contributed by atoms with Crippen molar-refractivity contribution in [1.29, 1.82) is 0 Å². The third-order valence-corrected chi connectivity index (χ3v) is 3.58. The first-order chi connectivity index (χ1) is 9.79. The van der Waals surface area contributed by atoms with E-state index in [1.54, 1.807) is 6.26 Å². The highest BCUT2D eigenvalue weighted by Crippen LogP contribution is 2.19. The molecule has 20 heavy (non-hydrogen) atoms. The van der Waals surface area contributed by atoms with E-state index in [0.717, 1.165) is 24.5 Å². The maximum absolute atomic E-state index is 5.41. The molecule has 0 aliphatic rings. The molecule has 4 nitrogen and oxygen atoms in total. The summed E-state index contributed by atoms with van der Waals surface area (Å²) in [6.45, 7) is 5.82. The Labute approximate surface area is 118 Å². The smallest absolute Gasteiger partial charge is 0.120 e. The quantitative estimate of drug-likeness (QED) is 0.771. The van der Waals surface area contributed by atoms with Crippen molar-refractivity contribution < 1.29 is 4.42 Å². The number of nitrogens with one attached hydrogen (secondary N) is 1. The fourth-order valence-electron chi connectivity index (χ4n) is 2.46. The van der Waals surface area contributed by atoms with Crippen molar-refractivity contribution in [2.75, 3.05) is 0 Å². The van der Waals surface area contributed by atoms with Crippen molar-refractivity contribution in [2.24, 2.45) is 0 Å². The monoisotopic (exact) mass is 269 g/mol. The third kappa shape index (κ3) is 2.34. The molecule has 0 saturated carbocycles. The van der Waals surface area contributed by atoms with Gasteiger partial charge in [0.1, 0.15) is 5.76 Å². The number of aromatic nitrogens is 2. The number of hydrogen-bond donors (Lipinski definition) is 1. The molecule has 0 radical (unpaired) electrons. The van der Waals surface area contributed by atoms with Gasteiger partial charge in [0.15, 0.2) is 0 Å². The van der Waals surface area contributed by atoms with Crippen LogP contribution >= 0.6 is 0 Å². The lowest BCUT2D eigenvalue weighted by atomic mass is 10.2. The molecule has 3 rings (SSSR count). The van der Waals surface area contributed by atoms with Crippen LogP contribution in [0, 0.1) is 0 Å². The van der Waals surface area contributed by atoms with Crippen LogP contribution in [0.4, 0.5) is 0 Å². The number of fused-ring (bicyclic) bond motifs is 1. The molecule has 0 saturated heterocycles. The van der Waals surface area contributed by atoms with Gasteiger partial charge in [-0.1, -0.05) is 18.2 Å². The Balaban J connectivity index is 1.81. The Morgan fingerprint density at radius 2 is 2.10 bits per heavy atom. The summed E-state index contributed by atoms with van der Waals surface area (Å²) in [4.78, 5) is 0. The molecule has 104 valence electrons. The van der Waals surface area contributed by atoms with Crippen molar-refractivity contribution in [3.63, 3.8) is 0 Å². The van der Waals surface area contributed by atoms with E-state index < -0.39 is 0 Å². The summed E-state index contributed by atoms with van der Waals surface area (Å²) >= 11 is 0. The second-order valence-corrected chi connectivity index (χ2v) is 4.90. The molecule has 0 bridgehead atoms. The van der Waals surface area contributed by atoms with Gasteiger partial charge in [0.2, 0.25) is 0 Å². The zero-order valence-electron chi connectivity index (χ0n) is 11.8. The maximum atomic E-state index is 5.41. The lowest BCUT2D eigenvalue weighted by Gasteiger charge is -2.09. The number of para-hydroxylation sites is 1. The Morgan fingerprint density at radius 3 is 2.85 bits per heavy atom. The van der Waals surface area contributed by atoms with Crippen LogP contribution in [0.15, 0.2) is 47.1 Å². The van der Waals surface area contributed by atoms with E-state index in [0.29, 0.717) is 0 Å². The van der Waals surface area contributed by atoms with Crippen molar-refractivity contribution >= 4 is 10.9 Å². The van der Waals surface area contributed by atoms with Gasteiger partial charge in [0.25, 0.3) is 0 Å². The highest BCUT2D eigenvalue weighted by atomic mass is 16.3. The number of nitrogens with zero attached hydrogens (tertiary/aromatic N) is 2. The largest absolute Gasteiger partial charge is 0.468 e. The molecule has 2 aromatic heterocycles. The van der Waals surface area contributed by atoms with Crippen molar-refractivity contribution in [2.45, 2.75) is 33.0 Å². The van der Waals surface area contributed by atoms with Gasteiger partial charge < -0.3 is 9.73 Å². The van der Waals surface area contributed by atoms with Gasteiger partial charge in [-0.25, -0.2) is 0 Å². The number of rotatable bonds is 5. The van der Waals surface area contributed by atoms with Crippen LogP contribution in [0.25, 0.3) is 10.9 Å². The van der Waals surface area contributed by atoms with Crippen LogP contribution in [0.2, 0.25) is 0 Å². The SMILES string of the molecule is CCn1nc(CN[C@H](C)c2ccco2)c2ccccc21. The van der Waals surface area contributed by atoms with E-state index in [1.807, 2.05) is 16.8 Å². The Kier molecular flexibility index (Phi) is 3.56. The Morgan fingerprint density at radius 1 is 1.25 bits per heavy atom. The van der Waals surface area contributed by atoms with Gasteiger partial charge in [-0.2, -0.15) is 5.10 Å². The highest BCUT2D eigenvalue weighted by Gasteiger charge is 2.12. The van der Waals surface area contributed by atoms with Crippen LogP contribution in [0.3, 0.4) is 0 Å². The molecule has 0 fully saturated rings. The molecule has 4 heteroatoms. The summed E-state index contributed by atoms with van der Waals surface area (Å²) in [6.07, 6.45) is 1.70. The van der Waals surface area contributed by atoms with E-state index in [2.05, 4.69) is 48.5 Å². The molecule has 0 amide bonds. The van der Waals surface area contributed by atoms with Crippen LogP contribution in [0.5, 0.6) is 0 Å². The van der Waals surface area contributed by atoms with Crippen LogP contribution in [-0.4, -0.2) is 9.78 Å². The van der Waals surface area contributed by atoms with Crippen molar-refractivity contribution in [1.82, 2.24) is 15.1 Å². The third-order valence-electron chi connectivity index (χ3n) is 3.58. The zero-order chi connectivity index (χ0) is 13.9. The van der Waals surface area contributed by atoms with Crippen molar-refractivity contribution in [3.05, 3.63) is 54.1 Å². The molecule has 0 aliphatic carbocycles. The fourth-order valence-corrected chi connectivity index (χ4v) is 2.46. The molecule has 2 heterocycles. The summed E-state index contributed by atoms with van der Waals surface area (Å²) in [5.41, 5.74) is 2.28. The van der Waals surface area contributed by atoms with E-state index in [-0.39, 0.29) is 6.04 Å². The van der Waals surface area contributed by atoms with Gasteiger partial charge in [0, 0.05) is 18.5 Å². The van der Waals surface area contributed by atoms with Crippen LogP contribution in [-0.2, 0) is 13.1 Å². The predicted octanol–water partition coefficient (Wildman–Crippen LogP) is 3.50. The average molecular weight is 269 g/mol. The number of furan rings is 1. The van der Waals surface area contributed by atoms with Gasteiger partial charge in [-0.3, -0.25) is 4.68 Å². The average Bonchev–Trinajstić information content (AvgIpc) is 3.13. The van der Waals surface area contributed by atoms with E-state index in [1.165, 1.54) is 10.9 Å². The predicted molar refractivity (Wildman–Crippen MR) is 79.4 cm³/mol. The summed E-state index contributed by atoms with van der Waals surface area (Å²) in [5.74, 6) is 0.948. The first kappa shape index (κ1) is 12.9. The first-order valence-corrected chi connectivity index (χ1v) is 7.00. The summed E-state index contributed by atoms with van der Waals surface area (Å²) in [5, 5.41) is 9.36. The maximum Gasteiger partial charge on any atom is 0.120 e. The van der Waals surface area contributed by atoms with Crippen LogP contribution < -0.4 is 5.32 Å². The topological polar surface area (TPSA) is 43.0 Å². The van der Waals surface area contributed by atoms with E-state index in [9.17, 15) is 0 Å². The van der Waals surface area contributed by atoms with Crippen molar-refractivity contribution in [3.8, 4) is 0 Å². The summed E-state index contributed by atoms with van der Waals surface area (Å²) in [6, 6.07) is 12.4. The number of hydrogen-bond acceptors (Lipinski definition) is 3.